The summed E-state index contributed by atoms with van der Waals surface area (Å²) in [6.07, 6.45) is 4.10. The molecule has 0 radical (unpaired) electrons. The van der Waals surface area contributed by atoms with Crippen LogP contribution in [0.2, 0.25) is 0 Å². The molecule has 0 saturated carbocycles. The molecule has 134 valence electrons. The molecule has 1 aliphatic heterocycles. The number of aliphatic hydroxyl groups is 1. The van der Waals surface area contributed by atoms with Crippen LogP contribution in [0.5, 0.6) is 0 Å². The smallest absolute Gasteiger partial charge is 0.221 e. The highest BCUT2D eigenvalue weighted by atomic mass is 16.4. The number of furan rings is 1. The molecule has 3 rings (SSSR count). The van der Waals surface area contributed by atoms with Crippen molar-refractivity contribution in [1.29, 1.82) is 0 Å². The molecule has 2 aromatic rings. The van der Waals surface area contributed by atoms with Crippen molar-refractivity contribution in [3.8, 4) is 0 Å². The zero-order chi connectivity index (χ0) is 17.9. The predicted octanol–water partition coefficient (Wildman–Crippen LogP) is 2.83. The molecule has 5 heteroatoms. The Morgan fingerprint density at radius 1 is 1.36 bits per heavy atom. The van der Waals surface area contributed by atoms with Crippen molar-refractivity contribution < 1.29 is 14.3 Å². The van der Waals surface area contributed by atoms with Gasteiger partial charge in [0.25, 0.3) is 0 Å². The van der Waals surface area contributed by atoms with Gasteiger partial charge in [-0.25, -0.2) is 0 Å². The number of nitrogens with one attached hydrogen (secondary N) is 1. The lowest BCUT2D eigenvalue weighted by molar-refractivity contribution is -0.122. The molecule has 25 heavy (non-hydrogen) atoms. The molecular formula is C20H26N2O3. The van der Waals surface area contributed by atoms with E-state index in [1.54, 1.807) is 19.1 Å². The van der Waals surface area contributed by atoms with Gasteiger partial charge in [0.15, 0.2) is 0 Å². The number of anilines is 1. The Hall–Kier alpha value is -2.27. The van der Waals surface area contributed by atoms with E-state index in [-0.39, 0.29) is 12.5 Å². The molecule has 1 aromatic heterocycles. The fourth-order valence-corrected chi connectivity index (χ4v) is 3.35. The zero-order valence-corrected chi connectivity index (χ0v) is 14.9. The summed E-state index contributed by atoms with van der Waals surface area (Å²) in [4.78, 5) is 14.5. The van der Waals surface area contributed by atoms with Crippen LogP contribution in [0.4, 0.5) is 5.69 Å². The number of fused-ring (bicyclic) bond motifs is 1. The molecular weight excluding hydrogens is 316 g/mol. The van der Waals surface area contributed by atoms with Crippen LogP contribution in [0.3, 0.4) is 0 Å². The molecule has 0 aliphatic carbocycles. The van der Waals surface area contributed by atoms with E-state index in [1.165, 1.54) is 17.5 Å². The number of carbonyl (C=O) groups excluding carboxylic acids is 1. The Bertz CT molecular complexity index is 709. The molecule has 1 aromatic carbocycles. The van der Waals surface area contributed by atoms with Gasteiger partial charge in [-0.15, -0.1) is 0 Å². The van der Waals surface area contributed by atoms with Crippen molar-refractivity contribution in [2.75, 3.05) is 18.0 Å². The lowest BCUT2D eigenvalue weighted by atomic mass is 9.96. The molecule has 0 bridgehead atoms. The van der Waals surface area contributed by atoms with Crippen LogP contribution in [-0.4, -0.2) is 30.1 Å². The first-order chi connectivity index (χ1) is 12.0. The molecule has 2 heterocycles. The van der Waals surface area contributed by atoms with Crippen molar-refractivity contribution in [3.05, 3.63) is 54.0 Å². The number of nitrogens with zero attached hydrogens (tertiary/aromatic N) is 1. The first-order valence-electron chi connectivity index (χ1n) is 8.85. The quantitative estimate of drug-likeness (QED) is 0.847. The molecule has 0 spiro atoms. The third kappa shape index (κ3) is 4.04. The van der Waals surface area contributed by atoms with Crippen LogP contribution in [-0.2, 0) is 16.8 Å². The van der Waals surface area contributed by atoms with E-state index in [9.17, 15) is 9.90 Å². The highest BCUT2D eigenvalue weighted by Crippen LogP contribution is 2.30. The minimum Gasteiger partial charge on any atom is -0.466 e. The fourth-order valence-electron chi connectivity index (χ4n) is 3.35. The summed E-state index contributed by atoms with van der Waals surface area (Å²) >= 11 is 0. The van der Waals surface area contributed by atoms with E-state index in [4.69, 9.17) is 4.42 Å². The lowest BCUT2D eigenvalue weighted by Gasteiger charge is -2.37. The average molecular weight is 342 g/mol. The number of aryl methyl sites for hydroxylation is 1. The molecule has 2 N–H and O–H groups in total. The molecule has 1 amide bonds. The van der Waals surface area contributed by atoms with E-state index in [2.05, 4.69) is 35.3 Å². The Morgan fingerprint density at radius 2 is 2.16 bits per heavy atom. The second-order valence-corrected chi connectivity index (χ2v) is 6.99. The van der Waals surface area contributed by atoms with E-state index in [0.717, 1.165) is 12.8 Å². The van der Waals surface area contributed by atoms with Crippen molar-refractivity contribution >= 4 is 11.6 Å². The zero-order valence-electron chi connectivity index (χ0n) is 14.9. The van der Waals surface area contributed by atoms with Crippen molar-refractivity contribution in [2.24, 2.45) is 0 Å². The SMILES string of the molecule is CC1CCc2ccccc2N1CCC(=O)NCC(C)(O)c1ccco1. The van der Waals surface area contributed by atoms with Gasteiger partial charge in [0.1, 0.15) is 11.4 Å². The van der Waals surface area contributed by atoms with Gasteiger partial charge in [-0.3, -0.25) is 4.79 Å². The molecule has 0 saturated heterocycles. The number of para-hydroxylation sites is 1. The number of rotatable bonds is 6. The second-order valence-electron chi connectivity index (χ2n) is 6.99. The van der Waals surface area contributed by atoms with Gasteiger partial charge in [0, 0.05) is 24.7 Å². The van der Waals surface area contributed by atoms with Crippen LogP contribution in [0.1, 0.15) is 38.0 Å². The predicted molar refractivity (Wildman–Crippen MR) is 97.5 cm³/mol. The molecule has 1 aliphatic rings. The van der Waals surface area contributed by atoms with Gasteiger partial charge >= 0.3 is 0 Å². The van der Waals surface area contributed by atoms with Crippen LogP contribution >= 0.6 is 0 Å². The largest absolute Gasteiger partial charge is 0.466 e. The van der Waals surface area contributed by atoms with Crippen LogP contribution in [0, 0.1) is 0 Å². The summed E-state index contributed by atoms with van der Waals surface area (Å²) in [5.41, 5.74) is 1.38. The Kier molecular flexibility index (Phi) is 5.13. The van der Waals surface area contributed by atoms with Crippen molar-refractivity contribution in [2.45, 2.75) is 44.8 Å². The van der Waals surface area contributed by atoms with Gasteiger partial charge in [0.2, 0.25) is 5.91 Å². The number of hydrogen-bond donors (Lipinski definition) is 2. The van der Waals surface area contributed by atoms with Crippen LogP contribution in [0.25, 0.3) is 0 Å². The monoisotopic (exact) mass is 342 g/mol. The summed E-state index contributed by atoms with van der Waals surface area (Å²) in [5, 5.41) is 13.2. The van der Waals surface area contributed by atoms with E-state index in [0.29, 0.717) is 24.8 Å². The maximum absolute atomic E-state index is 12.2. The first kappa shape index (κ1) is 17.5. The average Bonchev–Trinajstić information content (AvgIpc) is 3.15. The Balaban J connectivity index is 1.54. The minimum atomic E-state index is -1.20. The highest BCUT2D eigenvalue weighted by molar-refractivity contribution is 5.76. The third-order valence-electron chi connectivity index (χ3n) is 4.93. The molecule has 0 fully saturated rings. The van der Waals surface area contributed by atoms with Crippen molar-refractivity contribution in [1.82, 2.24) is 5.32 Å². The van der Waals surface area contributed by atoms with E-state index >= 15 is 0 Å². The van der Waals surface area contributed by atoms with Crippen molar-refractivity contribution in [3.63, 3.8) is 0 Å². The molecule has 5 nitrogen and oxygen atoms in total. The third-order valence-corrected chi connectivity index (χ3v) is 4.93. The topological polar surface area (TPSA) is 65.7 Å². The number of benzene rings is 1. The van der Waals surface area contributed by atoms with Crippen LogP contribution in [0.15, 0.2) is 47.1 Å². The molecule has 2 atom stereocenters. The summed E-state index contributed by atoms with van der Waals surface area (Å²) < 4.78 is 5.23. The number of carbonyl (C=O) groups is 1. The van der Waals surface area contributed by atoms with Gasteiger partial charge < -0.3 is 19.7 Å². The van der Waals surface area contributed by atoms with E-state index in [1.807, 2.05) is 6.07 Å². The normalized spacial score (nSPS) is 19.2. The number of hydrogen-bond acceptors (Lipinski definition) is 4. The van der Waals surface area contributed by atoms with Gasteiger partial charge in [-0.2, -0.15) is 0 Å². The van der Waals surface area contributed by atoms with E-state index < -0.39 is 5.60 Å². The van der Waals surface area contributed by atoms with Gasteiger partial charge in [0.05, 0.1) is 12.8 Å². The maximum atomic E-state index is 12.2. The summed E-state index contributed by atoms with van der Waals surface area (Å²) in [7, 11) is 0. The first-order valence-corrected chi connectivity index (χ1v) is 8.85. The number of amides is 1. The standard InChI is InChI=1S/C20H26N2O3/c1-15-9-10-16-6-3-4-7-17(16)22(15)12-11-19(23)21-14-20(2,24)18-8-5-13-25-18/h3-8,13,15,24H,9-12,14H2,1-2H3,(H,21,23). The maximum Gasteiger partial charge on any atom is 0.221 e. The Morgan fingerprint density at radius 3 is 2.92 bits per heavy atom. The highest BCUT2D eigenvalue weighted by Gasteiger charge is 2.27. The fraction of sp³-hybridized carbons (Fsp3) is 0.450. The summed E-state index contributed by atoms with van der Waals surface area (Å²) in [6, 6.07) is 12.3. The minimum absolute atomic E-state index is 0.0675. The Labute approximate surface area is 148 Å². The van der Waals surface area contributed by atoms with Crippen LogP contribution < -0.4 is 10.2 Å². The molecule has 2 unspecified atom stereocenters. The summed E-state index contributed by atoms with van der Waals surface area (Å²) in [5.74, 6) is 0.383. The lowest BCUT2D eigenvalue weighted by Crippen LogP contribution is -2.42. The summed E-state index contributed by atoms with van der Waals surface area (Å²) in [6.45, 7) is 4.64. The van der Waals surface area contributed by atoms with Gasteiger partial charge in [-0.1, -0.05) is 18.2 Å². The second kappa shape index (κ2) is 7.31. The van der Waals surface area contributed by atoms with Gasteiger partial charge in [-0.05, 0) is 50.5 Å².